The molecule has 5 heteroatoms. The van der Waals surface area contributed by atoms with Gasteiger partial charge < -0.3 is 9.47 Å². The van der Waals surface area contributed by atoms with Gasteiger partial charge in [-0.15, -0.1) is 0 Å². The zero-order chi connectivity index (χ0) is 20.1. The molecule has 1 aliphatic rings. The minimum absolute atomic E-state index is 0.0675. The topological polar surface area (TPSA) is 18.5 Å². The summed E-state index contributed by atoms with van der Waals surface area (Å²) in [6, 6.07) is 11.2. The number of ether oxygens (including phenoxy) is 2. The minimum atomic E-state index is -2.93. The van der Waals surface area contributed by atoms with Crippen LogP contribution in [-0.4, -0.2) is 13.2 Å². The van der Waals surface area contributed by atoms with Gasteiger partial charge in [0.05, 0.1) is 24.9 Å². The SMILES string of the molecule is CCOc1ccc(/C=C/C2CCC(c3ccc(C)cc3)OC2)c(F)c1C(F)F. The number of hydrogen-bond donors (Lipinski definition) is 0. The number of rotatable bonds is 6. The first kappa shape index (κ1) is 20.5. The van der Waals surface area contributed by atoms with E-state index in [9.17, 15) is 13.2 Å². The first-order chi connectivity index (χ1) is 13.5. The van der Waals surface area contributed by atoms with Gasteiger partial charge in [0, 0.05) is 11.5 Å². The summed E-state index contributed by atoms with van der Waals surface area (Å²) in [5.41, 5.74) is 1.83. The summed E-state index contributed by atoms with van der Waals surface area (Å²) >= 11 is 0. The summed E-state index contributed by atoms with van der Waals surface area (Å²) in [6.45, 7) is 4.45. The summed E-state index contributed by atoms with van der Waals surface area (Å²) in [6.07, 6.45) is 2.32. The lowest BCUT2D eigenvalue weighted by atomic mass is 9.93. The average molecular weight is 390 g/mol. The van der Waals surface area contributed by atoms with E-state index in [2.05, 4.69) is 24.3 Å². The van der Waals surface area contributed by atoms with Crippen molar-refractivity contribution in [2.45, 2.75) is 39.2 Å². The fourth-order valence-electron chi connectivity index (χ4n) is 3.41. The molecule has 0 radical (unpaired) electrons. The van der Waals surface area contributed by atoms with Crippen LogP contribution in [0.1, 0.15) is 54.5 Å². The second-order valence-electron chi connectivity index (χ2n) is 7.04. The standard InChI is InChI=1S/C23H25F3O2/c1-3-27-20-13-11-18(22(24)21(20)23(25)26)10-6-16-7-12-19(28-14-16)17-8-4-15(2)5-9-17/h4-6,8-11,13,16,19,23H,3,7,12,14H2,1-2H3/b10-6+. The van der Waals surface area contributed by atoms with Crippen molar-refractivity contribution in [3.05, 3.63) is 70.5 Å². The first-order valence-electron chi connectivity index (χ1n) is 9.59. The third kappa shape index (κ3) is 4.76. The second kappa shape index (κ2) is 9.28. The van der Waals surface area contributed by atoms with E-state index in [0.29, 0.717) is 6.61 Å². The van der Waals surface area contributed by atoms with Crippen molar-refractivity contribution >= 4 is 6.08 Å². The summed E-state index contributed by atoms with van der Waals surface area (Å²) in [5.74, 6) is -0.900. The van der Waals surface area contributed by atoms with Gasteiger partial charge in [-0.3, -0.25) is 0 Å². The van der Waals surface area contributed by atoms with E-state index in [1.807, 2.05) is 13.0 Å². The van der Waals surface area contributed by atoms with Crippen LogP contribution in [0.3, 0.4) is 0 Å². The van der Waals surface area contributed by atoms with Gasteiger partial charge in [-0.25, -0.2) is 13.2 Å². The van der Waals surface area contributed by atoms with Crippen molar-refractivity contribution in [3.8, 4) is 5.75 Å². The van der Waals surface area contributed by atoms with E-state index >= 15 is 0 Å². The highest BCUT2D eigenvalue weighted by Crippen LogP contribution is 2.35. The van der Waals surface area contributed by atoms with E-state index in [4.69, 9.17) is 9.47 Å². The third-order valence-corrected chi connectivity index (χ3v) is 5.00. The van der Waals surface area contributed by atoms with Crippen molar-refractivity contribution in [2.75, 3.05) is 13.2 Å². The lowest BCUT2D eigenvalue weighted by molar-refractivity contribution is -0.00505. The molecule has 1 heterocycles. The van der Waals surface area contributed by atoms with Gasteiger partial charge in [0.15, 0.2) is 0 Å². The first-order valence-corrected chi connectivity index (χ1v) is 9.59. The molecule has 0 bridgehead atoms. The van der Waals surface area contributed by atoms with Crippen molar-refractivity contribution in [1.82, 2.24) is 0 Å². The van der Waals surface area contributed by atoms with Crippen molar-refractivity contribution in [2.24, 2.45) is 5.92 Å². The van der Waals surface area contributed by atoms with E-state index in [-0.39, 0.29) is 29.9 Å². The Bertz CT molecular complexity index is 807. The number of halogens is 3. The van der Waals surface area contributed by atoms with Gasteiger partial charge in [-0.05, 0) is 44.4 Å². The number of aryl methyl sites for hydroxylation is 1. The van der Waals surface area contributed by atoms with Gasteiger partial charge in [0.1, 0.15) is 11.6 Å². The maximum Gasteiger partial charge on any atom is 0.270 e. The number of benzene rings is 2. The predicted octanol–water partition coefficient (Wildman–Crippen LogP) is 6.65. The van der Waals surface area contributed by atoms with Gasteiger partial charge in [-0.2, -0.15) is 0 Å². The molecule has 2 aromatic carbocycles. The monoisotopic (exact) mass is 390 g/mol. The van der Waals surface area contributed by atoms with Gasteiger partial charge in [0.2, 0.25) is 0 Å². The Morgan fingerprint density at radius 1 is 1.14 bits per heavy atom. The zero-order valence-electron chi connectivity index (χ0n) is 16.1. The zero-order valence-corrected chi connectivity index (χ0v) is 16.1. The fraction of sp³-hybridized carbons (Fsp3) is 0.391. The molecule has 1 saturated heterocycles. The van der Waals surface area contributed by atoms with Crippen LogP contribution < -0.4 is 4.74 Å². The molecule has 28 heavy (non-hydrogen) atoms. The summed E-state index contributed by atoms with van der Waals surface area (Å²) < 4.78 is 52.1. The third-order valence-electron chi connectivity index (χ3n) is 5.00. The molecule has 2 unspecified atom stereocenters. The maximum absolute atomic E-state index is 14.5. The summed E-state index contributed by atoms with van der Waals surface area (Å²) in [5, 5.41) is 0. The largest absolute Gasteiger partial charge is 0.493 e. The van der Waals surface area contributed by atoms with Crippen LogP contribution in [0, 0.1) is 18.7 Å². The molecule has 1 fully saturated rings. The maximum atomic E-state index is 14.5. The summed E-state index contributed by atoms with van der Waals surface area (Å²) in [7, 11) is 0. The van der Waals surface area contributed by atoms with E-state index < -0.39 is 17.8 Å². The van der Waals surface area contributed by atoms with E-state index in [1.165, 1.54) is 17.7 Å². The Balaban J connectivity index is 1.66. The number of alkyl halides is 2. The van der Waals surface area contributed by atoms with Crippen LogP contribution in [0.2, 0.25) is 0 Å². The molecule has 1 aliphatic heterocycles. The van der Waals surface area contributed by atoms with Crippen LogP contribution >= 0.6 is 0 Å². The second-order valence-corrected chi connectivity index (χ2v) is 7.04. The molecule has 2 atom stereocenters. The molecule has 0 N–H and O–H groups in total. The molecule has 0 amide bonds. The Hall–Kier alpha value is -2.27. The number of hydrogen-bond acceptors (Lipinski definition) is 2. The Morgan fingerprint density at radius 2 is 1.89 bits per heavy atom. The molecule has 0 aliphatic carbocycles. The lowest BCUT2D eigenvalue weighted by Crippen LogP contribution is -2.19. The molecule has 0 aromatic heterocycles. The van der Waals surface area contributed by atoms with E-state index in [0.717, 1.165) is 18.4 Å². The van der Waals surface area contributed by atoms with Gasteiger partial charge in [0.25, 0.3) is 6.43 Å². The molecule has 2 aromatic rings. The molecular weight excluding hydrogens is 365 g/mol. The van der Waals surface area contributed by atoms with Crippen LogP contribution in [0.4, 0.5) is 13.2 Å². The minimum Gasteiger partial charge on any atom is -0.493 e. The van der Waals surface area contributed by atoms with Crippen LogP contribution in [-0.2, 0) is 4.74 Å². The highest BCUT2D eigenvalue weighted by molar-refractivity contribution is 5.55. The lowest BCUT2D eigenvalue weighted by Gasteiger charge is -2.28. The van der Waals surface area contributed by atoms with Crippen LogP contribution in [0.5, 0.6) is 5.75 Å². The molecule has 150 valence electrons. The summed E-state index contributed by atoms with van der Waals surface area (Å²) in [4.78, 5) is 0. The quantitative estimate of drug-likeness (QED) is 0.550. The van der Waals surface area contributed by atoms with Crippen molar-refractivity contribution in [3.63, 3.8) is 0 Å². The van der Waals surface area contributed by atoms with Crippen LogP contribution in [0.15, 0.2) is 42.5 Å². The highest BCUT2D eigenvalue weighted by Gasteiger charge is 2.23. The molecular formula is C23H25F3O2. The molecule has 0 saturated carbocycles. The van der Waals surface area contributed by atoms with E-state index in [1.54, 1.807) is 13.0 Å². The smallest absolute Gasteiger partial charge is 0.270 e. The molecule has 0 spiro atoms. The predicted molar refractivity (Wildman–Crippen MR) is 104 cm³/mol. The normalized spacial score (nSPS) is 20.1. The Morgan fingerprint density at radius 3 is 2.50 bits per heavy atom. The average Bonchev–Trinajstić information content (AvgIpc) is 2.68. The van der Waals surface area contributed by atoms with Gasteiger partial charge >= 0.3 is 0 Å². The van der Waals surface area contributed by atoms with Gasteiger partial charge in [-0.1, -0.05) is 42.0 Å². The fourth-order valence-corrected chi connectivity index (χ4v) is 3.41. The van der Waals surface area contributed by atoms with Crippen LogP contribution in [0.25, 0.3) is 6.08 Å². The highest BCUT2D eigenvalue weighted by atomic mass is 19.3. The van der Waals surface area contributed by atoms with Crippen molar-refractivity contribution in [1.29, 1.82) is 0 Å². The Labute approximate surface area is 164 Å². The van der Waals surface area contributed by atoms with Crippen molar-refractivity contribution < 1.29 is 22.6 Å². The molecule has 3 rings (SSSR count). The molecule has 2 nitrogen and oxygen atoms in total. The Kier molecular flexibility index (Phi) is 6.79.